The van der Waals surface area contributed by atoms with Gasteiger partial charge in [-0.05, 0) is 25.2 Å². The minimum Gasteiger partial charge on any atom is -0.383 e. The Hall–Kier alpha value is -0.280. The second-order valence-corrected chi connectivity index (χ2v) is 6.17. The zero-order valence-corrected chi connectivity index (χ0v) is 12.6. The average molecular weight is 276 g/mol. The van der Waals surface area contributed by atoms with Crippen molar-refractivity contribution in [1.29, 1.82) is 0 Å². The molecule has 0 aliphatic heterocycles. The van der Waals surface area contributed by atoms with Crippen molar-refractivity contribution in [2.24, 2.45) is 11.3 Å². The molecule has 0 spiro atoms. The Morgan fingerprint density at radius 2 is 2.00 bits per heavy atom. The SMILES string of the molecule is COCC(CCl)NC(=O)C1(CC(C)C)CCCC1. The van der Waals surface area contributed by atoms with Crippen molar-refractivity contribution in [1.82, 2.24) is 5.32 Å². The van der Waals surface area contributed by atoms with E-state index in [1.807, 2.05) is 0 Å². The van der Waals surface area contributed by atoms with Crippen LogP contribution in [0.2, 0.25) is 0 Å². The van der Waals surface area contributed by atoms with Crippen LogP contribution in [0.15, 0.2) is 0 Å². The fourth-order valence-electron chi connectivity index (χ4n) is 3.02. The van der Waals surface area contributed by atoms with E-state index >= 15 is 0 Å². The van der Waals surface area contributed by atoms with Gasteiger partial charge in [0.15, 0.2) is 0 Å². The standard InChI is InChI=1S/C14H26ClNO2/c1-11(2)8-14(6-4-5-7-14)13(17)16-12(9-15)10-18-3/h11-12H,4-10H2,1-3H3,(H,16,17). The molecule has 1 aliphatic carbocycles. The molecule has 1 N–H and O–H groups in total. The van der Waals surface area contributed by atoms with Gasteiger partial charge in [0.05, 0.1) is 12.6 Å². The molecule has 0 aromatic carbocycles. The Labute approximate surface area is 116 Å². The number of hydrogen-bond donors (Lipinski definition) is 1. The third-order valence-corrected chi connectivity index (χ3v) is 4.10. The fourth-order valence-corrected chi connectivity index (χ4v) is 3.19. The molecule has 3 nitrogen and oxygen atoms in total. The van der Waals surface area contributed by atoms with E-state index in [9.17, 15) is 4.79 Å². The average Bonchev–Trinajstić information content (AvgIpc) is 2.77. The molecular weight excluding hydrogens is 250 g/mol. The summed E-state index contributed by atoms with van der Waals surface area (Å²) >= 11 is 5.85. The van der Waals surface area contributed by atoms with Crippen LogP contribution in [0, 0.1) is 11.3 Å². The van der Waals surface area contributed by atoms with Gasteiger partial charge >= 0.3 is 0 Å². The van der Waals surface area contributed by atoms with E-state index < -0.39 is 0 Å². The van der Waals surface area contributed by atoms with Gasteiger partial charge in [-0.1, -0.05) is 26.7 Å². The number of amides is 1. The molecule has 1 rings (SSSR count). The normalized spacial score (nSPS) is 20.1. The first-order valence-corrected chi connectivity index (χ1v) is 7.43. The van der Waals surface area contributed by atoms with Gasteiger partial charge in [0.2, 0.25) is 5.91 Å². The summed E-state index contributed by atoms with van der Waals surface area (Å²) < 4.78 is 5.07. The summed E-state index contributed by atoms with van der Waals surface area (Å²) in [5, 5.41) is 3.06. The Morgan fingerprint density at radius 1 is 1.39 bits per heavy atom. The summed E-state index contributed by atoms with van der Waals surface area (Å²) in [4.78, 5) is 12.5. The number of hydrogen-bond acceptors (Lipinski definition) is 2. The Balaban J connectivity index is 2.65. The lowest BCUT2D eigenvalue weighted by atomic mass is 9.77. The zero-order valence-electron chi connectivity index (χ0n) is 11.8. The van der Waals surface area contributed by atoms with Crippen molar-refractivity contribution in [2.45, 2.75) is 52.0 Å². The highest BCUT2D eigenvalue weighted by atomic mass is 35.5. The van der Waals surface area contributed by atoms with Crippen molar-refractivity contribution >= 4 is 17.5 Å². The number of halogens is 1. The Bertz CT molecular complexity index is 263. The van der Waals surface area contributed by atoms with Crippen LogP contribution in [0.5, 0.6) is 0 Å². The monoisotopic (exact) mass is 275 g/mol. The van der Waals surface area contributed by atoms with Crippen LogP contribution >= 0.6 is 11.6 Å². The van der Waals surface area contributed by atoms with E-state index in [-0.39, 0.29) is 17.4 Å². The second kappa shape index (κ2) is 7.34. The Morgan fingerprint density at radius 3 is 2.44 bits per heavy atom. The predicted molar refractivity (Wildman–Crippen MR) is 74.9 cm³/mol. The number of methoxy groups -OCH3 is 1. The lowest BCUT2D eigenvalue weighted by molar-refractivity contribution is -0.132. The molecule has 1 aliphatic rings. The maximum absolute atomic E-state index is 12.5. The molecule has 0 heterocycles. The van der Waals surface area contributed by atoms with E-state index in [1.165, 1.54) is 0 Å². The minimum atomic E-state index is -0.160. The third kappa shape index (κ3) is 4.13. The van der Waals surface area contributed by atoms with Crippen LogP contribution in [0.25, 0.3) is 0 Å². The predicted octanol–water partition coefficient (Wildman–Crippen LogP) is 2.96. The van der Waals surface area contributed by atoms with Crippen molar-refractivity contribution in [2.75, 3.05) is 19.6 Å². The summed E-state index contributed by atoms with van der Waals surface area (Å²) in [7, 11) is 1.63. The number of carbonyl (C=O) groups excluding carboxylic acids is 1. The molecule has 0 aromatic rings. The van der Waals surface area contributed by atoms with Crippen LogP contribution in [-0.4, -0.2) is 31.5 Å². The Kier molecular flexibility index (Phi) is 6.44. The maximum atomic E-state index is 12.5. The van der Waals surface area contributed by atoms with E-state index in [4.69, 9.17) is 16.3 Å². The number of carbonyl (C=O) groups is 1. The van der Waals surface area contributed by atoms with Crippen molar-refractivity contribution in [3.8, 4) is 0 Å². The van der Waals surface area contributed by atoms with Crippen LogP contribution < -0.4 is 5.32 Å². The zero-order chi connectivity index (χ0) is 13.6. The van der Waals surface area contributed by atoms with Gasteiger partial charge in [-0.3, -0.25) is 4.79 Å². The van der Waals surface area contributed by atoms with Gasteiger partial charge in [0, 0.05) is 18.4 Å². The molecule has 106 valence electrons. The summed E-state index contributed by atoms with van der Waals surface area (Å²) in [5.41, 5.74) is -0.160. The molecule has 4 heteroatoms. The highest BCUT2D eigenvalue weighted by Crippen LogP contribution is 2.43. The maximum Gasteiger partial charge on any atom is 0.226 e. The van der Waals surface area contributed by atoms with Crippen molar-refractivity contribution in [3.63, 3.8) is 0 Å². The summed E-state index contributed by atoms with van der Waals surface area (Å²) in [5.74, 6) is 1.12. The van der Waals surface area contributed by atoms with Crippen LogP contribution in [-0.2, 0) is 9.53 Å². The first kappa shape index (κ1) is 15.8. The van der Waals surface area contributed by atoms with E-state index in [0.29, 0.717) is 18.4 Å². The van der Waals surface area contributed by atoms with Crippen molar-refractivity contribution < 1.29 is 9.53 Å². The molecule has 0 aromatic heterocycles. The largest absolute Gasteiger partial charge is 0.383 e. The molecule has 1 amide bonds. The highest BCUT2D eigenvalue weighted by Gasteiger charge is 2.41. The smallest absolute Gasteiger partial charge is 0.226 e. The molecule has 1 fully saturated rings. The molecule has 1 atom stereocenters. The fraction of sp³-hybridized carbons (Fsp3) is 0.929. The number of rotatable bonds is 7. The van der Waals surface area contributed by atoms with Gasteiger partial charge in [-0.15, -0.1) is 11.6 Å². The first-order chi connectivity index (χ1) is 8.54. The third-order valence-electron chi connectivity index (χ3n) is 3.73. The first-order valence-electron chi connectivity index (χ1n) is 6.90. The van der Waals surface area contributed by atoms with Crippen LogP contribution in [0.1, 0.15) is 46.0 Å². The van der Waals surface area contributed by atoms with Crippen LogP contribution in [0.4, 0.5) is 0 Å². The molecule has 18 heavy (non-hydrogen) atoms. The second-order valence-electron chi connectivity index (χ2n) is 5.87. The molecular formula is C14H26ClNO2. The minimum absolute atomic E-state index is 0.0752. The quantitative estimate of drug-likeness (QED) is 0.726. The van der Waals surface area contributed by atoms with Gasteiger partial charge in [-0.25, -0.2) is 0 Å². The number of alkyl halides is 1. The summed E-state index contributed by atoms with van der Waals surface area (Å²) in [6.45, 7) is 4.84. The van der Waals surface area contributed by atoms with E-state index in [0.717, 1.165) is 32.1 Å². The van der Waals surface area contributed by atoms with Gasteiger partial charge in [0.1, 0.15) is 0 Å². The van der Waals surface area contributed by atoms with Gasteiger partial charge in [-0.2, -0.15) is 0 Å². The molecule has 0 radical (unpaired) electrons. The highest BCUT2D eigenvalue weighted by molar-refractivity contribution is 6.18. The summed E-state index contributed by atoms with van der Waals surface area (Å²) in [6.07, 6.45) is 5.32. The van der Waals surface area contributed by atoms with Gasteiger partial charge < -0.3 is 10.1 Å². The van der Waals surface area contributed by atoms with Gasteiger partial charge in [0.25, 0.3) is 0 Å². The lowest BCUT2D eigenvalue weighted by Crippen LogP contribution is -2.47. The number of ether oxygens (including phenoxy) is 1. The molecule has 1 unspecified atom stereocenters. The molecule has 0 saturated heterocycles. The summed E-state index contributed by atoms with van der Waals surface area (Å²) in [6, 6.07) is -0.0752. The van der Waals surface area contributed by atoms with E-state index in [1.54, 1.807) is 7.11 Å². The molecule has 0 bridgehead atoms. The molecule has 1 saturated carbocycles. The van der Waals surface area contributed by atoms with Crippen LogP contribution in [0.3, 0.4) is 0 Å². The van der Waals surface area contributed by atoms with Crippen molar-refractivity contribution in [3.05, 3.63) is 0 Å². The van der Waals surface area contributed by atoms with E-state index in [2.05, 4.69) is 19.2 Å². The lowest BCUT2D eigenvalue weighted by Gasteiger charge is -2.31. The number of nitrogens with one attached hydrogen (secondary N) is 1. The topological polar surface area (TPSA) is 38.3 Å².